The maximum atomic E-state index is 12.9. The van der Waals surface area contributed by atoms with Gasteiger partial charge in [-0.1, -0.05) is 29.3 Å². The molecule has 0 spiro atoms. The SMILES string of the molecule is Cc1ccc(-n2ncc(N3CC[C@@H]4CCN(C)C[C@@H]43)c(Cl)c2=O)cc1Cl. The number of anilines is 1. The summed E-state index contributed by atoms with van der Waals surface area (Å²) < 4.78 is 1.32. The average Bonchev–Trinajstić information content (AvgIpc) is 3.03. The van der Waals surface area contributed by atoms with Gasteiger partial charge in [0.2, 0.25) is 0 Å². The van der Waals surface area contributed by atoms with Crippen LogP contribution in [0, 0.1) is 12.8 Å². The van der Waals surface area contributed by atoms with Crippen molar-refractivity contribution in [2.24, 2.45) is 5.92 Å². The van der Waals surface area contributed by atoms with Crippen LogP contribution in [0.5, 0.6) is 0 Å². The van der Waals surface area contributed by atoms with Gasteiger partial charge in [0, 0.05) is 24.2 Å². The van der Waals surface area contributed by atoms with E-state index in [1.54, 1.807) is 12.3 Å². The third kappa shape index (κ3) is 3.02. The van der Waals surface area contributed by atoms with Crippen LogP contribution in [0.3, 0.4) is 0 Å². The zero-order valence-electron chi connectivity index (χ0n) is 15.0. The number of likely N-dealkylation sites (N-methyl/N-ethyl adjacent to an activating group) is 1. The third-order valence-corrected chi connectivity index (χ3v) is 6.44. The molecule has 4 rings (SSSR count). The molecule has 5 nitrogen and oxygen atoms in total. The molecule has 0 aliphatic carbocycles. The Bertz CT molecular complexity index is 898. The molecule has 2 fully saturated rings. The number of benzene rings is 1. The fraction of sp³-hybridized carbons (Fsp3) is 0.474. The van der Waals surface area contributed by atoms with Gasteiger partial charge in [-0.15, -0.1) is 0 Å². The number of piperidine rings is 1. The minimum Gasteiger partial charge on any atom is -0.364 e. The second-order valence-corrected chi connectivity index (χ2v) is 8.14. The lowest BCUT2D eigenvalue weighted by atomic mass is 9.92. The summed E-state index contributed by atoms with van der Waals surface area (Å²) in [5, 5.41) is 5.22. The average molecular weight is 393 g/mol. The number of nitrogens with zero attached hydrogens (tertiary/aromatic N) is 4. The van der Waals surface area contributed by atoms with E-state index >= 15 is 0 Å². The van der Waals surface area contributed by atoms with Crippen molar-refractivity contribution in [3.8, 4) is 5.69 Å². The number of aromatic nitrogens is 2. The maximum Gasteiger partial charge on any atom is 0.292 e. The fourth-order valence-corrected chi connectivity index (χ4v) is 4.53. The van der Waals surface area contributed by atoms with Crippen LogP contribution in [0.25, 0.3) is 5.69 Å². The molecule has 3 heterocycles. The molecule has 0 saturated carbocycles. The molecule has 1 aromatic carbocycles. The fourth-order valence-electron chi connectivity index (χ4n) is 4.12. The monoisotopic (exact) mass is 392 g/mol. The van der Waals surface area contributed by atoms with Crippen LogP contribution < -0.4 is 10.5 Å². The van der Waals surface area contributed by atoms with Crippen molar-refractivity contribution in [2.75, 3.05) is 31.6 Å². The molecule has 1 aromatic heterocycles. The Hall–Kier alpha value is -1.56. The van der Waals surface area contributed by atoms with Crippen LogP contribution in [0.4, 0.5) is 5.69 Å². The zero-order valence-corrected chi connectivity index (χ0v) is 16.5. The first-order chi connectivity index (χ1) is 12.5. The molecule has 2 aliphatic rings. The van der Waals surface area contributed by atoms with E-state index in [-0.39, 0.29) is 10.6 Å². The molecule has 7 heteroatoms. The lowest BCUT2D eigenvalue weighted by Crippen LogP contribution is -2.47. The Labute approximate surface area is 163 Å². The van der Waals surface area contributed by atoms with Gasteiger partial charge in [-0.25, -0.2) is 0 Å². The largest absolute Gasteiger partial charge is 0.364 e. The first-order valence-corrected chi connectivity index (χ1v) is 9.71. The van der Waals surface area contributed by atoms with E-state index in [4.69, 9.17) is 23.2 Å². The Morgan fingerprint density at radius 1 is 1.19 bits per heavy atom. The van der Waals surface area contributed by atoms with E-state index in [0.717, 1.165) is 37.3 Å². The quantitative estimate of drug-likeness (QED) is 0.785. The summed E-state index contributed by atoms with van der Waals surface area (Å²) in [7, 11) is 2.14. The number of aryl methyl sites for hydroxylation is 1. The zero-order chi connectivity index (χ0) is 18.4. The number of halogens is 2. The van der Waals surface area contributed by atoms with Gasteiger partial charge < -0.3 is 9.80 Å². The highest BCUT2D eigenvalue weighted by atomic mass is 35.5. The van der Waals surface area contributed by atoms with Crippen molar-refractivity contribution in [1.29, 1.82) is 0 Å². The van der Waals surface area contributed by atoms with Gasteiger partial charge in [0.25, 0.3) is 5.56 Å². The summed E-state index contributed by atoms with van der Waals surface area (Å²) in [6, 6.07) is 5.84. The molecule has 2 saturated heterocycles. The first kappa shape index (κ1) is 17.8. The lowest BCUT2D eigenvalue weighted by Gasteiger charge is -2.37. The molecular formula is C19H22Cl2N4O. The number of fused-ring (bicyclic) bond motifs is 1. The molecule has 2 aromatic rings. The Kier molecular flexibility index (Phi) is 4.71. The maximum absolute atomic E-state index is 12.9. The minimum absolute atomic E-state index is 0.227. The predicted molar refractivity (Wildman–Crippen MR) is 106 cm³/mol. The molecule has 2 atom stereocenters. The molecule has 138 valence electrons. The van der Waals surface area contributed by atoms with Gasteiger partial charge in [0.1, 0.15) is 5.02 Å². The molecule has 0 amide bonds. The Morgan fingerprint density at radius 2 is 1.96 bits per heavy atom. The van der Waals surface area contributed by atoms with Gasteiger partial charge in [-0.3, -0.25) is 4.79 Å². The molecule has 0 radical (unpaired) electrons. The molecular weight excluding hydrogens is 371 g/mol. The number of hydrogen-bond donors (Lipinski definition) is 0. The van der Waals surface area contributed by atoms with E-state index in [0.29, 0.717) is 22.7 Å². The number of rotatable bonds is 2. The minimum atomic E-state index is -0.309. The highest BCUT2D eigenvalue weighted by Gasteiger charge is 2.38. The van der Waals surface area contributed by atoms with E-state index in [1.807, 2.05) is 19.1 Å². The summed E-state index contributed by atoms with van der Waals surface area (Å²) in [5.74, 6) is 0.667. The van der Waals surface area contributed by atoms with Crippen LogP contribution in [-0.2, 0) is 0 Å². The standard InChI is InChI=1S/C19H22Cl2N4O/c1-12-3-4-14(9-15(12)20)25-19(26)18(21)16(10-22-25)24-8-6-13-5-7-23(2)11-17(13)24/h3-4,9-10,13,17H,5-8,11H2,1-2H3/t13-,17-/m0/s1. The smallest absolute Gasteiger partial charge is 0.292 e. The van der Waals surface area contributed by atoms with Gasteiger partial charge in [-0.2, -0.15) is 9.78 Å². The topological polar surface area (TPSA) is 41.4 Å². The van der Waals surface area contributed by atoms with Crippen molar-refractivity contribution in [3.63, 3.8) is 0 Å². The van der Waals surface area contributed by atoms with Gasteiger partial charge in [0.15, 0.2) is 0 Å². The van der Waals surface area contributed by atoms with E-state index in [1.165, 1.54) is 11.1 Å². The number of hydrogen-bond acceptors (Lipinski definition) is 4. The molecule has 0 N–H and O–H groups in total. The third-order valence-electron chi connectivity index (χ3n) is 5.68. The van der Waals surface area contributed by atoms with Crippen LogP contribution >= 0.6 is 23.2 Å². The summed E-state index contributed by atoms with van der Waals surface area (Å²) in [5.41, 5.74) is 2.01. The summed E-state index contributed by atoms with van der Waals surface area (Å²) >= 11 is 12.7. The highest BCUT2D eigenvalue weighted by molar-refractivity contribution is 6.33. The molecule has 0 unspecified atom stereocenters. The number of likely N-dealkylation sites (tertiary alicyclic amines) is 1. The van der Waals surface area contributed by atoms with Crippen LogP contribution in [0.2, 0.25) is 10.0 Å². The van der Waals surface area contributed by atoms with Gasteiger partial charge in [-0.05, 0) is 57.0 Å². The highest BCUT2D eigenvalue weighted by Crippen LogP contribution is 2.36. The molecule has 0 bridgehead atoms. The van der Waals surface area contributed by atoms with Crippen molar-refractivity contribution in [1.82, 2.24) is 14.7 Å². The van der Waals surface area contributed by atoms with Crippen LogP contribution in [0.15, 0.2) is 29.2 Å². The molecule has 26 heavy (non-hydrogen) atoms. The van der Waals surface area contributed by atoms with Crippen molar-refractivity contribution in [2.45, 2.75) is 25.8 Å². The summed E-state index contributed by atoms with van der Waals surface area (Å²) in [4.78, 5) is 17.5. The Morgan fingerprint density at radius 3 is 2.73 bits per heavy atom. The van der Waals surface area contributed by atoms with Crippen molar-refractivity contribution >= 4 is 28.9 Å². The predicted octanol–water partition coefficient (Wildman–Crippen LogP) is 3.38. The second-order valence-electron chi connectivity index (χ2n) is 7.35. The first-order valence-electron chi connectivity index (χ1n) is 8.95. The Balaban J connectivity index is 1.70. The summed E-state index contributed by atoms with van der Waals surface area (Å²) in [6.45, 7) is 4.97. The van der Waals surface area contributed by atoms with Gasteiger partial charge >= 0.3 is 0 Å². The lowest BCUT2D eigenvalue weighted by molar-refractivity contribution is 0.208. The van der Waals surface area contributed by atoms with E-state index in [2.05, 4.69) is 21.9 Å². The normalized spacial score (nSPS) is 23.3. The van der Waals surface area contributed by atoms with E-state index in [9.17, 15) is 4.79 Å². The van der Waals surface area contributed by atoms with Crippen LogP contribution in [-0.4, -0.2) is 47.4 Å². The van der Waals surface area contributed by atoms with Gasteiger partial charge in [0.05, 0.1) is 17.6 Å². The summed E-state index contributed by atoms with van der Waals surface area (Å²) in [6.07, 6.45) is 4.06. The molecule has 2 aliphatic heterocycles. The second kappa shape index (κ2) is 6.87. The van der Waals surface area contributed by atoms with Crippen molar-refractivity contribution < 1.29 is 0 Å². The van der Waals surface area contributed by atoms with Crippen LogP contribution in [0.1, 0.15) is 18.4 Å². The van der Waals surface area contributed by atoms with Crippen molar-refractivity contribution in [3.05, 3.63) is 50.4 Å². The van der Waals surface area contributed by atoms with E-state index < -0.39 is 0 Å².